The summed E-state index contributed by atoms with van der Waals surface area (Å²) in [6, 6.07) is 7.32. The summed E-state index contributed by atoms with van der Waals surface area (Å²) in [7, 11) is -4.66. The van der Waals surface area contributed by atoms with E-state index >= 15 is 0 Å². The number of alkyl halides is 2. The maximum Gasteiger partial charge on any atom is 0.341 e. The first kappa shape index (κ1) is 16.2. The molecule has 1 aromatic carbocycles. The molecule has 0 fully saturated rings. The third-order valence-electron chi connectivity index (χ3n) is 3.00. The zero-order chi connectivity index (χ0) is 16.3. The number of carbonyl (C=O) groups is 1. The summed E-state index contributed by atoms with van der Waals surface area (Å²) in [6.45, 7) is 1.71. The van der Waals surface area contributed by atoms with Crippen LogP contribution in [0, 0.1) is 0 Å². The highest BCUT2D eigenvalue weighted by molar-refractivity contribution is 7.91. The van der Waals surface area contributed by atoms with Gasteiger partial charge in [0.25, 0.3) is 5.91 Å². The van der Waals surface area contributed by atoms with Crippen LogP contribution < -0.4 is 5.32 Å². The second-order valence-corrected chi connectivity index (χ2v) is 6.46. The maximum absolute atomic E-state index is 12.4. The summed E-state index contributed by atoms with van der Waals surface area (Å²) >= 11 is 0. The van der Waals surface area contributed by atoms with Crippen LogP contribution in [-0.2, 0) is 9.84 Å². The van der Waals surface area contributed by atoms with E-state index in [1.54, 1.807) is 19.1 Å². The van der Waals surface area contributed by atoms with Gasteiger partial charge in [-0.05, 0) is 43.3 Å². The summed E-state index contributed by atoms with van der Waals surface area (Å²) in [4.78, 5) is 11.5. The van der Waals surface area contributed by atoms with E-state index in [0.29, 0.717) is 5.76 Å². The molecular formula is C14H13F2NO4S. The molecular weight excluding hydrogens is 316 g/mol. The Morgan fingerprint density at radius 2 is 1.82 bits per heavy atom. The van der Waals surface area contributed by atoms with Crippen LogP contribution in [0.25, 0.3) is 0 Å². The van der Waals surface area contributed by atoms with Gasteiger partial charge in [0.05, 0.1) is 17.2 Å². The maximum atomic E-state index is 12.4. The molecule has 22 heavy (non-hydrogen) atoms. The van der Waals surface area contributed by atoms with Crippen molar-refractivity contribution in [1.82, 2.24) is 5.32 Å². The van der Waals surface area contributed by atoms with Gasteiger partial charge in [-0.15, -0.1) is 0 Å². The number of rotatable bonds is 5. The molecule has 0 saturated carbocycles. The molecule has 0 aliphatic rings. The lowest BCUT2D eigenvalue weighted by molar-refractivity contribution is 0.0935. The second-order valence-electron chi connectivity index (χ2n) is 4.54. The van der Waals surface area contributed by atoms with Crippen LogP contribution in [0.15, 0.2) is 52.0 Å². The standard InChI is InChI=1S/C14H13F2NO4S/c1-9(12-3-2-8-21-12)17-13(18)10-4-6-11(7-5-10)22(19,20)14(15)16/h2-9,14H,1H3,(H,17,18)/t9-/m1/s1. The van der Waals surface area contributed by atoms with Crippen molar-refractivity contribution < 1.29 is 26.4 Å². The molecule has 5 nitrogen and oxygen atoms in total. The molecule has 1 atom stereocenters. The van der Waals surface area contributed by atoms with E-state index in [1.807, 2.05) is 0 Å². The molecule has 1 heterocycles. The number of hydrogen-bond donors (Lipinski definition) is 1. The van der Waals surface area contributed by atoms with Crippen molar-refractivity contribution in [3.05, 3.63) is 54.0 Å². The highest BCUT2D eigenvalue weighted by atomic mass is 32.2. The molecule has 0 unspecified atom stereocenters. The van der Waals surface area contributed by atoms with E-state index in [4.69, 9.17) is 4.42 Å². The predicted octanol–water partition coefficient (Wildman–Crippen LogP) is 2.77. The van der Waals surface area contributed by atoms with Crippen LogP contribution >= 0.6 is 0 Å². The van der Waals surface area contributed by atoms with Gasteiger partial charge in [-0.1, -0.05) is 0 Å². The van der Waals surface area contributed by atoms with Crippen molar-refractivity contribution in [3.63, 3.8) is 0 Å². The second kappa shape index (κ2) is 6.27. The van der Waals surface area contributed by atoms with Crippen molar-refractivity contribution in [1.29, 1.82) is 0 Å². The fourth-order valence-corrected chi connectivity index (χ4v) is 2.51. The normalized spacial score (nSPS) is 13.1. The number of sulfone groups is 1. The number of hydrogen-bond acceptors (Lipinski definition) is 4. The molecule has 0 aliphatic carbocycles. The minimum Gasteiger partial charge on any atom is -0.467 e. The molecule has 1 N–H and O–H groups in total. The van der Waals surface area contributed by atoms with Gasteiger partial charge in [-0.2, -0.15) is 8.78 Å². The van der Waals surface area contributed by atoms with Crippen LogP contribution in [-0.4, -0.2) is 20.1 Å². The number of nitrogens with one attached hydrogen (secondary N) is 1. The van der Waals surface area contributed by atoms with Gasteiger partial charge >= 0.3 is 5.76 Å². The van der Waals surface area contributed by atoms with Crippen molar-refractivity contribution >= 4 is 15.7 Å². The van der Waals surface area contributed by atoms with Gasteiger partial charge in [0.15, 0.2) is 0 Å². The minimum atomic E-state index is -4.66. The monoisotopic (exact) mass is 329 g/mol. The van der Waals surface area contributed by atoms with E-state index in [9.17, 15) is 22.0 Å². The highest BCUT2D eigenvalue weighted by Gasteiger charge is 2.26. The van der Waals surface area contributed by atoms with Crippen LogP contribution in [0.5, 0.6) is 0 Å². The van der Waals surface area contributed by atoms with Gasteiger partial charge in [0, 0.05) is 5.56 Å². The number of amides is 1. The number of benzene rings is 1. The molecule has 0 radical (unpaired) electrons. The van der Waals surface area contributed by atoms with Crippen molar-refractivity contribution in [3.8, 4) is 0 Å². The zero-order valence-electron chi connectivity index (χ0n) is 11.5. The van der Waals surface area contributed by atoms with Gasteiger partial charge in [0.2, 0.25) is 9.84 Å². The first-order valence-corrected chi connectivity index (χ1v) is 7.83. The Bertz CT molecular complexity index is 740. The van der Waals surface area contributed by atoms with Crippen LogP contribution in [0.1, 0.15) is 29.1 Å². The number of carbonyl (C=O) groups excluding carboxylic acids is 1. The van der Waals surface area contributed by atoms with Crippen LogP contribution in [0.4, 0.5) is 8.78 Å². The average Bonchev–Trinajstić information content (AvgIpc) is 3.01. The summed E-state index contributed by atoms with van der Waals surface area (Å²) in [5.41, 5.74) is 0.159. The van der Waals surface area contributed by atoms with Crippen molar-refractivity contribution in [2.24, 2.45) is 0 Å². The lowest BCUT2D eigenvalue weighted by atomic mass is 10.2. The third kappa shape index (κ3) is 3.33. The lowest BCUT2D eigenvalue weighted by Crippen LogP contribution is -2.26. The predicted molar refractivity (Wildman–Crippen MR) is 74.2 cm³/mol. The Balaban J connectivity index is 2.12. The molecule has 0 aliphatic heterocycles. The summed E-state index contributed by atoms with van der Waals surface area (Å²) in [5, 5.41) is 2.65. The first-order valence-electron chi connectivity index (χ1n) is 6.28. The quantitative estimate of drug-likeness (QED) is 0.915. The van der Waals surface area contributed by atoms with E-state index in [-0.39, 0.29) is 11.6 Å². The fourth-order valence-electron chi connectivity index (χ4n) is 1.79. The molecule has 0 saturated heterocycles. The van der Waals surface area contributed by atoms with Crippen molar-refractivity contribution in [2.45, 2.75) is 23.6 Å². The lowest BCUT2D eigenvalue weighted by Gasteiger charge is -2.11. The van der Waals surface area contributed by atoms with Crippen molar-refractivity contribution in [2.75, 3.05) is 0 Å². The molecule has 0 bridgehead atoms. The Morgan fingerprint density at radius 3 is 2.32 bits per heavy atom. The highest BCUT2D eigenvalue weighted by Crippen LogP contribution is 2.19. The molecule has 1 aromatic heterocycles. The van der Waals surface area contributed by atoms with Crippen LogP contribution in [0.2, 0.25) is 0 Å². The number of furan rings is 1. The van der Waals surface area contributed by atoms with Gasteiger partial charge in [-0.3, -0.25) is 4.79 Å². The molecule has 2 rings (SSSR count). The molecule has 0 spiro atoms. The van der Waals surface area contributed by atoms with Gasteiger partial charge in [0.1, 0.15) is 5.76 Å². The van der Waals surface area contributed by atoms with E-state index in [2.05, 4.69) is 5.32 Å². The summed E-state index contributed by atoms with van der Waals surface area (Å²) in [5.74, 6) is -3.40. The van der Waals surface area contributed by atoms with Gasteiger partial charge < -0.3 is 9.73 Å². The Labute approximate surface area is 125 Å². The minimum absolute atomic E-state index is 0.159. The molecule has 2 aromatic rings. The molecule has 118 valence electrons. The average molecular weight is 329 g/mol. The summed E-state index contributed by atoms with van der Waals surface area (Å²) in [6.07, 6.45) is 1.47. The Hall–Kier alpha value is -2.22. The van der Waals surface area contributed by atoms with E-state index in [0.717, 1.165) is 12.1 Å². The molecule has 8 heteroatoms. The first-order chi connectivity index (χ1) is 10.3. The Morgan fingerprint density at radius 1 is 1.18 bits per heavy atom. The zero-order valence-corrected chi connectivity index (χ0v) is 12.3. The summed E-state index contributed by atoms with van der Waals surface area (Å²) < 4.78 is 52.5. The largest absolute Gasteiger partial charge is 0.467 e. The molecule has 1 amide bonds. The van der Waals surface area contributed by atoms with Crippen LogP contribution in [0.3, 0.4) is 0 Å². The number of halogens is 2. The topological polar surface area (TPSA) is 76.4 Å². The fraction of sp³-hybridized carbons (Fsp3) is 0.214. The smallest absolute Gasteiger partial charge is 0.341 e. The third-order valence-corrected chi connectivity index (χ3v) is 4.40. The van der Waals surface area contributed by atoms with E-state index in [1.165, 1.54) is 18.4 Å². The van der Waals surface area contributed by atoms with Gasteiger partial charge in [-0.25, -0.2) is 8.42 Å². The van der Waals surface area contributed by atoms with E-state index < -0.39 is 26.4 Å². The Kier molecular flexibility index (Phi) is 4.60. The SMILES string of the molecule is C[C@@H](NC(=O)c1ccc(S(=O)(=O)C(F)F)cc1)c1ccco1.